The number of aromatic nitrogens is 1. The Kier molecular flexibility index (Phi) is 5.03. The van der Waals surface area contributed by atoms with Crippen LogP contribution in [0, 0.1) is 0 Å². The number of halogens is 1. The van der Waals surface area contributed by atoms with E-state index >= 15 is 0 Å². The molecule has 5 nitrogen and oxygen atoms in total. The van der Waals surface area contributed by atoms with Gasteiger partial charge in [0.05, 0.1) is 24.6 Å². The molecule has 0 radical (unpaired) electrons. The topological polar surface area (TPSA) is 68.5 Å². The van der Waals surface area contributed by atoms with Gasteiger partial charge in [-0.3, -0.25) is 9.69 Å². The van der Waals surface area contributed by atoms with E-state index in [-0.39, 0.29) is 0 Å². The summed E-state index contributed by atoms with van der Waals surface area (Å²) in [6.07, 6.45) is 0.669. The van der Waals surface area contributed by atoms with Crippen LogP contribution < -0.4 is 5.73 Å². The maximum atomic E-state index is 12.2. The second-order valence-electron chi connectivity index (χ2n) is 7.81. The van der Waals surface area contributed by atoms with Crippen molar-refractivity contribution in [1.82, 2.24) is 9.88 Å². The molecular weight excluding hydrogens is 398 g/mol. The van der Waals surface area contributed by atoms with E-state index in [1.807, 2.05) is 24.3 Å². The van der Waals surface area contributed by atoms with Crippen molar-refractivity contribution in [3.05, 3.63) is 75.8 Å². The van der Waals surface area contributed by atoms with Crippen molar-refractivity contribution in [2.24, 2.45) is 5.73 Å². The summed E-state index contributed by atoms with van der Waals surface area (Å²) in [5.41, 5.74) is 13.1. The Hall–Kier alpha value is -2.73. The Morgan fingerprint density at radius 1 is 1.13 bits per heavy atom. The number of primary amides is 1. The normalized spacial score (nSPS) is 15.6. The van der Waals surface area contributed by atoms with Crippen LogP contribution in [0.1, 0.15) is 27.0 Å². The van der Waals surface area contributed by atoms with Gasteiger partial charge in [0.25, 0.3) is 0 Å². The third-order valence-electron chi connectivity index (χ3n) is 5.81. The van der Waals surface area contributed by atoms with E-state index in [9.17, 15) is 4.79 Å². The second-order valence-corrected chi connectivity index (χ2v) is 8.25. The van der Waals surface area contributed by atoms with Crippen molar-refractivity contribution in [2.75, 3.05) is 26.3 Å². The Morgan fingerprint density at radius 3 is 2.73 bits per heavy atom. The standard InChI is InChI=1S/C24H22ClN3O2/c25-18-3-1-2-16(11-18)22-13-21(24(26)29)20-12-17-10-15(4-5-19(17)23(20)27-22)14-28-6-8-30-9-7-28/h1-5,10-11,13H,6-9,12,14H2,(H2,26,29). The maximum Gasteiger partial charge on any atom is 0.249 e. The van der Waals surface area contributed by atoms with Crippen molar-refractivity contribution >= 4 is 17.5 Å². The SMILES string of the molecule is NC(=O)c1cc(-c2cccc(Cl)c2)nc2c1Cc1cc(CN3CCOCC3)ccc1-2. The molecule has 1 aromatic heterocycles. The molecule has 1 fully saturated rings. The first-order valence-electron chi connectivity index (χ1n) is 10.1. The third kappa shape index (κ3) is 3.60. The lowest BCUT2D eigenvalue weighted by atomic mass is 10.0. The molecule has 1 aliphatic carbocycles. The smallest absolute Gasteiger partial charge is 0.249 e. The molecule has 1 amide bonds. The zero-order valence-electron chi connectivity index (χ0n) is 16.5. The highest BCUT2D eigenvalue weighted by molar-refractivity contribution is 6.30. The van der Waals surface area contributed by atoms with Crippen molar-refractivity contribution in [2.45, 2.75) is 13.0 Å². The predicted molar refractivity (Wildman–Crippen MR) is 118 cm³/mol. The summed E-state index contributed by atoms with van der Waals surface area (Å²) >= 11 is 6.16. The minimum absolute atomic E-state index is 0.432. The number of fused-ring (bicyclic) bond motifs is 3. The number of carbonyl (C=O) groups is 1. The molecule has 0 spiro atoms. The number of carbonyl (C=O) groups excluding carboxylic acids is 1. The van der Waals surface area contributed by atoms with Gasteiger partial charge in [0, 0.05) is 47.8 Å². The summed E-state index contributed by atoms with van der Waals surface area (Å²) in [4.78, 5) is 19.5. The summed E-state index contributed by atoms with van der Waals surface area (Å²) in [6, 6.07) is 15.8. The molecule has 2 N–H and O–H groups in total. The van der Waals surface area contributed by atoms with Crippen molar-refractivity contribution in [3.63, 3.8) is 0 Å². The molecular formula is C24H22ClN3O2. The molecule has 0 saturated carbocycles. The van der Waals surface area contributed by atoms with Gasteiger partial charge in [-0.1, -0.05) is 41.9 Å². The molecule has 2 heterocycles. The summed E-state index contributed by atoms with van der Waals surface area (Å²) < 4.78 is 5.44. The van der Waals surface area contributed by atoms with E-state index in [1.54, 1.807) is 6.07 Å². The maximum absolute atomic E-state index is 12.2. The van der Waals surface area contributed by atoms with E-state index in [0.717, 1.165) is 55.2 Å². The number of hydrogen-bond donors (Lipinski definition) is 1. The van der Waals surface area contributed by atoms with E-state index in [4.69, 9.17) is 27.1 Å². The number of nitrogens with two attached hydrogens (primary N) is 1. The molecule has 152 valence electrons. The molecule has 0 unspecified atom stereocenters. The third-order valence-corrected chi connectivity index (χ3v) is 6.05. The van der Waals surface area contributed by atoms with E-state index in [0.29, 0.717) is 22.7 Å². The average molecular weight is 420 g/mol. The number of amides is 1. The number of nitrogens with zero attached hydrogens (tertiary/aromatic N) is 2. The number of pyridine rings is 1. The molecule has 0 bridgehead atoms. The fraction of sp³-hybridized carbons (Fsp3) is 0.250. The molecule has 5 rings (SSSR count). The van der Waals surface area contributed by atoms with Crippen LogP contribution in [0.2, 0.25) is 5.02 Å². The van der Waals surface area contributed by atoms with Crippen LogP contribution >= 0.6 is 11.6 Å². The fourth-order valence-corrected chi connectivity index (χ4v) is 4.51. The number of benzene rings is 2. The van der Waals surface area contributed by atoms with Gasteiger partial charge in [-0.05, 0) is 34.9 Å². The number of rotatable bonds is 4. The van der Waals surface area contributed by atoms with E-state index in [1.165, 1.54) is 11.1 Å². The first-order valence-corrected chi connectivity index (χ1v) is 10.5. The Balaban J connectivity index is 1.54. The molecule has 2 aromatic carbocycles. The minimum Gasteiger partial charge on any atom is -0.379 e. The number of ether oxygens (including phenoxy) is 1. The van der Waals surface area contributed by atoms with Crippen LogP contribution in [0.3, 0.4) is 0 Å². The lowest BCUT2D eigenvalue weighted by molar-refractivity contribution is 0.0342. The molecule has 1 saturated heterocycles. The highest BCUT2D eigenvalue weighted by atomic mass is 35.5. The summed E-state index contributed by atoms with van der Waals surface area (Å²) in [5.74, 6) is -0.432. The Labute approximate surface area is 180 Å². The van der Waals surface area contributed by atoms with Crippen LogP contribution in [0.15, 0.2) is 48.5 Å². The van der Waals surface area contributed by atoms with Crippen LogP contribution in [0.25, 0.3) is 22.5 Å². The van der Waals surface area contributed by atoms with E-state index < -0.39 is 5.91 Å². The predicted octanol–water partition coefficient (Wildman–Crippen LogP) is 3.90. The summed E-state index contributed by atoms with van der Waals surface area (Å²) in [7, 11) is 0. The van der Waals surface area contributed by atoms with Gasteiger partial charge in [0.2, 0.25) is 5.91 Å². The zero-order valence-corrected chi connectivity index (χ0v) is 17.3. The van der Waals surface area contributed by atoms with Gasteiger partial charge < -0.3 is 10.5 Å². The molecule has 2 aliphatic rings. The summed E-state index contributed by atoms with van der Waals surface area (Å²) in [5, 5.41) is 0.628. The van der Waals surface area contributed by atoms with Gasteiger partial charge in [0.1, 0.15) is 0 Å². The van der Waals surface area contributed by atoms with Gasteiger partial charge >= 0.3 is 0 Å². The quantitative estimate of drug-likeness (QED) is 0.544. The van der Waals surface area contributed by atoms with Crippen LogP contribution in [0.4, 0.5) is 0 Å². The molecule has 30 heavy (non-hydrogen) atoms. The highest BCUT2D eigenvalue weighted by Crippen LogP contribution is 2.39. The van der Waals surface area contributed by atoms with Gasteiger partial charge in [-0.25, -0.2) is 4.98 Å². The zero-order chi connectivity index (χ0) is 20.7. The first kappa shape index (κ1) is 19.2. The van der Waals surface area contributed by atoms with Crippen molar-refractivity contribution < 1.29 is 9.53 Å². The van der Waals surface area contributed by atoms with Gasteiger partial charge in [-0.2, -0.15) is 0 Å². The molecule has 1 aliphatic heterocycles. The average Bonchev–Trinajstić information content (AvgIpc) is 3.11. The second kappa shape index (κ2) is 7.84. The molecule has 3 aromatic rings. The lowest BCUT2D eigenvalue weighted by Crippen LogP contribution is -2.35. The van der Waals surface area contributed by atoms with Crippen molar-refractivity contribution in [1.29, 1.82) is 0 Å². The van der Waals surface area contributed by atoms with Crippen molar-refractivity contribution in [3.8, 4) is 22.5 Å². The fourth-order valence-electron chi connectivity index (χ4n) is 4.32. The largest absolute Gasteiger partial charge is 0.379 e. The molecule has 6 heteroatoms. The number of morpholine rings is 1. The summed E-state index contributed by atoms with van der Waals surface area (Å²) in [6.45, 7) is 4.38. The molecule has 0 atom stereocenters. The van der Waals surface area contributed by atoms with Crippen LogP contribution in [-0.2, 0) is 17.7 Å². The van der Waals surface area contributed by atoms with Gasteiger partial charge in [-0.15, -0.1) is 0 Å². The Bertz CT molecular complexity index is 1140. The number of hydrogen-bond acceptors (Lipinski definition) is 4. The monoisotopic (exact) mass is 419 g/mol. The van der Waals surface area contributed by atoms with E-state index in [2.05, 4.69) is 23.1 Å². The Morgan fingerprint density at radius 2 is 1.97 bits per heavy atom. The lowest BCUT2D eigenvalue weighted by Gasteiger charge is -2.26. The highest BCUT2D eigenvalue weighted by Gasteiger charge is 2.26. The van der Waals surface area contributed by atoms with Gasteiger partial charge in [0.15, 0.2) is 0 Å². The minimum atomic E-state index is -0.432. The first-order chi connectivity index (χ1) is 14.6. The van der Waals surface area contributed by atoms with Crippen LogP contribution in [-0.4, -0.2) is 42.1 Å². The van der Waals surface area contributed by atoms with Crippen LogP contribution in [0.5, 0.6) is 0 Å².